The summed E-state index contributed by atoms with van der Waals surface area (Å²) in [5, 5.41) is 20.7. The molecule has 1 aromatic carbocycles. The summed E-state index contributed by atoms with van der Waals surface area (Å²) in [5.41, 5.74) is 3.61. The summed E-state index contributed by atoms with van der Waals surface area (Å²) in [6.07, 6.45) is 1.45. The van der Waals surface area contributed by atoms with Crippen LogP contribution >= 0.6 is 0 Å². The molecule has 8 heteroatoms. The maximum Gasteiger partial charge on any atom is 0.289 e. The number of carbonyl (C=O) groups is 1. The molecule has 102 valence electrons. The number of hydrogen-bond acceptors (Lipinski definition) is 5. The molecule has 0 saturated carbocycles. The Kier molecular flexibility index (Phi) is 3.85. The second-order valence-electron chi connectivity index (χ2n) is 3.92. The van der Waals surface area contributed by atoms with Crippen LogP contribution in [0.5, 0.6) is 0 Å². The summed E-state index contributed by atoms with van der Waals surface area (Å²) in [6, 6.07) is 7.52. The zero-order valence-electron chi connectivity index (χ0n) is 10.5. The number of aromatic nitrogens is 2. The number of non-ortho nitro benzene ring substituents is 1. The van der Waals surface area contributed by atoms with Gasteiger partial charge >= 0.3 is 0 Å². The van der Waals surface area contributed by atoms with Gasteiger partial charge in [0, 0.05) is 23.9 Å². The number of hydrazone groups is 1. The Morgan fingerprint density at radius 1 is 1.45 bits per heavy atom. The van der Waals surface area contributed by atoms with Crippen molar-refractivity contribution >= 4 is 17.3 Å². The lowest BCUT2D eigenvalue weighted by Crippen LogP contribution is -2.19. The fraction of sp³-hybridized carbons (Fsp3) is 0.0833. The van der Waals surface area contributed by atoms with Gasteiger partial charge in [0.25, 0.3) is 11.6 Å². The van der Waals surface area contributed by atoms with E-state index in [1.54, 1.807) is 19.1 Å². The highest BCUT2D eigenvalue weighted by Crippen LogP contribution is 2.13. The van der Waals surface area contributed by atoms with Gasteiger partial charge in [0.05, 0.1) is 10.6 Å². The van der Waals surface area contributed by atoms with Crippen molar-refractivity contribution in [3.63, 3.8) is 0 Å². The molecule has 1 aromatic heterocycles. The Bertz CT molecular complexity index is 663. The zero-order chi connectivity index (χ0) is 14.5. The number of hydrogen-bond donors (Lipinski definition) is 2. The van der Waals surface area contributed by atoms with Crippen LogP contribution < -0.4 is 5.43 Å². The van der Waals surface area contributed by atoms with E-state index in [2.05, 4.69) is 20.7 Å². The number of nitro groups is 1. The minimum absolute atomic E-state index is 0.0306. The molecule has 0 radical (unpaired) electrons. The van der Waals surface area contributed by atoms with Crippen molar-refractivity contribution in [3.8, 4) is 0 Å². The second-order valence-corrected chi connectivity index (χ2v) is 3.92. The second kappa shape index (κ2) is 5.74. The number of nitrogens with zero attached hydrogens (tertiary/aromatic N) is 3. The SMILES string of the molecule is C/C(=N\NC(=O)c1ccn[nH]1)c1cccc([N+](=O)[O-])c1. The van der Waals surface area contributed by atoms with Crippen molar-refractivity contribution < 1.29 is 9.72 Å². The van der Waals surface area contributed by atoms with Gasteiger partial charge in [-0.3, -0.25) is 20.0 Å². The molecule has 0 unspecified atom stereocenters. The van der Waals surface area contributed by atoms with Gasteiger partial charge in [-0.25, -0.2) is 5.43 Å². The van der Waals surface area contributed by atoms with Crippen LogP contribution in [0.3, 0.4) is 0 Å². The highest BCUT2D eigenvalue weighted by Gasteiger charge is 2.09. The van der Waals surface area contributed by atoms with Gasteiger partial charge in [-0.1, -0.05) is 12.1 Å². The number of aromatic amines is 1. The van der Waals surface area contributed by atoms with Crippen LogP contribution in [0.4, 0.5) is 5.69 Å². The van der Waals surface area contributed by atoms with E-state index < -0.39 is 10.8 Å². The van der Waals surface area contributed by atoms with Crippen molar-refractivity contribution in [2.45, 2.75) is 6.92 Å². The topological polar surface area (TPSA) is 113 Å². The number of carbonyl (C=O) groups excluding carboxylic acids is 1. The Balaban J connectivity index is 2.12. The largest absolute Gasteiger partial charge is 0.289 e. The van der Waals surface area contributed by atoms with Crippen molar-refractivity contribution in [1.82, 2.24) is 15.6 Å². The molecule has 2 N–H and O–H groups in total. The summed E-state index contributed by atoms with van der Waals surface area (Å²) < 4.78 is 0. The maximum absolute atomic E-state index is 11.6. The monoisotopic (exact) mass is 273 g/mol. The average molecular weight is 273 g/mol. The van der Waals surface area contributed by atoms with Crippen LogP contribution in [0, 0.1) is 10.1 Å². The predicted molar refractivity (Wildman–Crippen MR) is 71.4 cm³/mol. The fourth-order valence-electron chi connectivity index (χ4n) is 1.49. The molecule has 0 bridgehead atoms. The average Bonchev–Trinajstić information content (AvgIpc) is 2.98. The van der Waals surface area contributed by atoms with Gasteiger partial charge in [0.1, 0.15) is 5.69 Å². The van der Waals surface area contributed by atoms with E-state index in [0.29, 0.717) is 11.3 Å². The van der Waals surface area contributed by atoms with E-state index in [-0.39, 0.29) is 11.4 Å². The molecule has 0 aliphatic heterocycles. The predicted octanol–water partition coefficient (Wildman–Crippen LogP) is 1.47. The van der Waals surface area contributed by atoms with Crippen LogP contribution in [-0.2, 0) is 0 Å². The first-order valence-corrected chi connectivity index (χ1v) is 5.67. The van der Waals surface area contributed by atoms with E-state index in [0.717, 1.165) is 0 Å². The molecule has 0 atom stereocenters. The van der Waals surface area contributed by atoms with Crippen LogP contribution in [0.15, 0.2) is 41.6 Å². The zero-order valence-corrected chi connectivity index (χ0v) is 10.5. The van der Waals surface area contributed by atoms with Gasteiger partial charge < -0.3 is 0 Å². The lowest BCUT2D eigenvalue weighted by molar-refractivity contribution is -0.384. The molecule has 2 aromatic rings. The van der Waals surface area contributed by atoms with E-state index in [4.69, 9.17) is 0 Å². The minimum Gasteiger partial charge on any atom is -0.273 e. The van der Waals surface area contributed by atoms with Gasteiger partial charge in [-0.05, 0) is 13.0 Å². The lowest BCUT2D eigenvalue weighted by atomic mass is 10.1. The Morgan fingerprint density at radius 2 is 2.25 bits per heavy atom. The molecule has 0 fully saturated rings. The van der Waals surface area contributed by atoms with E-state index in [9.17, 15) is 14.9 Å². The summed E-state index contributed by atoms with van der Waals surface area (Å²) in [4.78, 5) is 21.8. The Labute approximate surface area is 113 Å². The normalized spacial score (nSPS) is 11.2. The van der Waals surface area contributed by atoms with Crippen molar-refractivity contribution in [1.29, 1.82) is 0 Å². The number of H-pyrrole nitrogens is 1. The van der Waals surface area contributed by atoms with Crippen LogP contribution in [0.1, 0.15) is 23.0 Å². The molecule has 0 saturated heterocycles. The van der Waals surface area contributed by atoms with Crippen LogP contribution in [0.25, 0.3) is 0 Å². The van der Waals surface area contributed by atoms with Crippen LogP contribution in [0.2, 0.25) is 0 Å². The van der Waals surface area contributed by atoms with E-state index in [1.807, 2.05) is 0 Å². The van der Waals surface area contributed by atoms with Crippen molar-refractivity contribution in [2.24, 2.45) is 5.10 Å². The quantitative estimate of drug-likeness (QED) is 0.498. The Morgan fingerprint density at radius 3 is 2.90 bits per heavy atom. The first kappa shape index (κ1) is 13.4. The van der Waals surface area contributed by atoms with Gasteiger partial charge in [0.15, 0.2) is 0 Å². The van der Waals surface area contributed by atoms with E-state index in [1.165, 1.54) is 24.4 Å². The molecule has 20 heavy (non-hydrogen) atoms. The molecule has 0 aliphatic carbocycles. The van der Waals surface area contributed by atoms with Crippen molar-refractivity contribution in [2.75, 3.05) is 0 Å². The number of nitro benzene ring substituents is 1. The highest BCUT2D eigenvalue weighted by molar-refractivity contribution is 6.00. The molecular weight excluding hydrogens is 262 g/mol. The maximum atomic E-state index is 11.6. The first-order chi connectivity index (χ1) is 9.58. The van der Waals surface area contributed by atoms with Crippen LogP contribution in [-0.4, -0.2) is 26.7 Å². The summed E-state index contributed by atoms with van der Waals surface area (Å²) in [6.45, 7) is 1.65. The minimum atomic E-state index is -0.486. The van der Waals surface area contributed by atoms with Gasteiger partial charge in [0.2, 0.25) is 0 Å². The van der Waals surface area contributed by atoms with Gasteiger partial charge in [-0.2, -0.15) is 10.2 Å². The standard InChI is InChI=1S/C12H11N5O3/c1-8(9-3-2-4-10(7-9)17(19)20)14-16-12(18)11-5-6-13-15-11/h2-7H,1H3,(H,13,15)(H,16,18)/b14-8+. The number of amides is 1. The molecular formula is C12H11N5O3. The van der Waals surface area contributed by atoms with E-state index >= 15 is 0 Å². The smallest absolute Gasteiger partial charge is 0.273 e. The van der Waals surface area contributed by atoms with Gasteiger partial charge in [-0.15, -0.1) is 0 Å². The first-order valence-electron chi connectivity index (χ1n) is 5.67. The highest BCUT2D eigenvalue weighted by atomic mass is 16.6. The third kappa shape index (κ3) is 3.05. The lowest BCUT2D eigenvalue weighted by Gasteiger charge is -2.01. The third-order valence-corrected chi connectivity index (χ3v) is 2.55. The number of rotatable bonds is 4. The third-order valence-electron chi connectivity index (χ3n) is 2.55. The number of nitrogens with one attached hydrogen (secondary N) is 2. The summed E-state index contributed by atoms with van der Waals surface area (Å²) >= 11 is 0. The fourth-order valence-corrected chi connectivity index (χ4v) is 1.49. The molecule has 8 nitrogen and oxygen atoms in total. The molecule has 1 heterocycles. The molecule has 2 rings (SSSR count). The van der Waals surface area contributed by atoms with Crippen molar-refractivity contribution in [3.05, 3.63) is 57.9 Å². The molecule has 1 amide bonds. The molecule has 0 spiro atoms. The number of benzene rings is 1. The summed E-state index contributed by atoms with van der Waals surface area (Å²) in [7, 11) is 0. The summed E-state index contributed by atoms with van der Waals surface area (Å²) in [5.74, 6) is -0.438. The molecule has 0 aliphatic rings. The Hall–Kier alpha value is -3.03.